The summed E-state index contributed by atoms with van der Waals surface area (Å²) in [5, 5.41) is 0. The first-order valence-corrected chi connectivity index (χ1v) is 12.4. The van der Waals surface area contributed by atoms with E-state index < -0.39 is 11.4 Å². The average Bonchev–Trinajstić information content (AvgIpc) is 3.08. The van der Waals surface area contributed by atoms with Crippen molar-refractivity contribution in [1.82, 2.24) is 0 Å². The summed E-state index contributed by atoms with van der Waals surface area (Å²) in [6, 6.07) is 0. The first-order chi connectivity index (χ1) is 15.6. The molecule has 2 atom stereocenters. The minimum Gasteiger partial charge on any atom is -0.468 e. The third-order valence-electron chi connectivity index (χ3n) is 6.38. The molecule has 1 aliphatic rings. The molecule has 0 fully saturated rings. The largest absolute Gasteiger partial charge is 0.468 e. The third-order valence-corrected chi connectivity index (χ3v) is 6.38. The number of carbonyl (C=O) groups is 3. The lowest BCUT2D eigenvalue weighted by Crippen LogP contribution is -2.29. The van der Waals surface area contributed by atoms with E-state index >= 15 is 0 Å². The number of hydrogen-bond donors (Lipinski definition) is 0. The number of methoxy groups -OCH3 is 1. The van der Waals surface area contributed by atoms with Crippen LogP contribution in [-0.2, 0) is 28.6 Å². The van der Waals surface area contributed by atoms with Crippen molar-refractivity contribution in [2.45, 2.75) is 105 Å². The first-order valence-electron chi connectivity index (χ1n) is 12.4. The zero-order valence-corrected chi connectivity index (χ0v) is 21.6. The van der Waals surface area contributed by atoms with Crippen molar-refractivity contribution in [3.63, 3.8) is 0 Å². The maximum Gasteiger partial charge on any atom is 0.315 e. The highest BCUT2D eigenvalue weighted by molar-refractivity contribution is 5.82. The lowest BCUT2D eigenvalue weighted by molar-refractivity contribution is -0.149. The van der Waals surface area contributed by atoms with Gasteiger partial charge in [0.25, 0.3) is 0 Å². The summed E-state index contributed by atoms with van der Waals surface area (Å²) in [4.78, 5) is 36.8. The molecule has 0 aromatic carbocycles. The van der Waals surface area contributed by atoms with Crippen molar-refractivity contribution in [3.05, 3.63) is 23.0 Å². The average molecular weight is 465 g/mol. The molecule has 1 aliphatic carbocycles. The van der Waals surface area contributed by atoms with E-state index in [9.17, 15) is 14.4 Å². The van der Waals surface area contributed by atoms with Gasteiger partial charge in [0.15, 0.2) is 0 Å². The Morgan fingerprint density at radius 1 is 1.09 bits per heavy atom. The fourth-order valence-electron chi connectivity index (χ4n) is 4.14. The quantitative estimate of drug-likeness (QED) is 0.120. The Kier molecular flexibility index (Phi) is 13.1. The standard InChI is InChI=1S/C27H44O6/c1-7-8-9-13-22-23(16-18-27(22,5)26(30)31-6)33-25(29)15-14-24(28)32-19-17-21(4)12-10-11-20(2)3/h11,21H,7-10,12-19H2,1-6H3. The maximum absolute atomic E-state index is 12.4. The Hall–Kier alpha value is -2.11. The minimum absolute atomic E-state index is 0.00228. The first kappa shape index (κ1) is 28.9. The van der Waals surface area contributed by atoms with Gasteiger partial charge < -0.3 is 14.2 Å². The number of ether oxygens (including phenoxy) is 3. The Balaban J connectivity index is 2.51. The minimum atomic E-state index is -0.751. The second-order valence-electron chi connectivity index (χ2n) is 9.63. The van der Waals surface area contributed by atoms with Crippen molar-refractivity contribution in [3.8, 4) is 0 Å². The molecule has 0 heterocycles. The van der Waals surface area contributed by atoms with Crippen LogP contribution in [-0.4, -0.2) is 31.6 Å². The molecular weight excluding hydrogens is 420 g/mol. The number of rotatable bonds is 15. The topological polar surface area (TPSA) is 78.9 Å². The second-order valence-corrected chi connectivity index (χ2v) is 9.63. The third kappa shape index (κ3) is 10.1. The summed E-state index contributed by atoms with van der Waals surface area (Å²) in [5.41, 5.74) is 1.43. The van der Waals surface area contributed by atoms with Gasteiger partial charge >= 0.3 is 17.9 Å². The molecule has 0 aromatic rings. The van der Waals surface area contributed by atoms with Crippen LogP contribution in [0, 0.1) is 11.3 Å². The lowest BCUT2D eigenvalue weighted by atomic mass is 9.81. The molecule has 2 unspecified atom stereocenters. The molecule has 0 aliphatic heterocycles. The zero-order valence-electron chi connectivity index (χ0n) is 21.6. The smallest absolute Gasteiger partial charge is 0.315 e. The van der Waals surface area contributed by atoms with Gasteiger partial charge in [-0.15, -0.1) is 0 Å². The van der Waals surface area contributed by atoms with Gasteiger partial charge in [0.2, 0.25) is 0 Å². The van der Waals surface area contributed by atoms with Crippen molar-refractivity contribution < 1.29 is 28.6 Å². The molecule has 0 saturated heterocycles. The summed E-state index contributed by atoms with van der Waals surface area (Å²) in [6.45, 7) is 10.7. The number of allylic oxidation sites excluding steroid dienone is 3. The van der Waals surface area contributed by atoms with Gasteiger partial charge in [0.1, 0.15) is 5.76 Å². The van der Waals surface area contributed by atoms with Crippen LogP contribution < -0.4 is 0 Å². The van der Waals surface area contributed by atoms with Crippen LogP contribution >= 0.6 is 0 Å². The van der Waals surface area contributed by atoms with Gasteiger partial charge in [-0.1, -0.05) is 38.3 Å². The molecule has 1 rings (SSSR count). The van der Waals surface area contributed by atoms with Gasteiger partial charge in [-0.2, -0.15) is 0 Å². The molecule has 0 saturated carbocycles. The highest BCUT2D eigenvalue weighted by Gasteiger charge is 2.45. The summed E-state index contributed by atoms with van der Waals surface area (Å²) in [6.07, 6.45) is 9.93. The fourth-order valence-corrected chi connectivity index (χ4v) is 4.14. The van der Waals surface area contributed by atoms with Crippen LogP contribution in [0.2, 0.25) is 0 Å². The summed E-state index contributed by atoms with van der Waals surface area (Å²) in [7, 11) is 1.39. The molecule has 0 radical (unpaired) electrons. The molecule has 33 heavy (non-hydrogen) atoms. The van der Waals surface area contributed by atoms with E-state index in [2.05, 4.69) is 33.8 Å². The number of unbranched alkanes of at least 4 members (excludes halogenated alkanes) is 2. The normalized spacial score (nSPS) is 18.6. The second kappa shape index (κ2) is 14.9. The van der Waals surface area contributed by atoms with E-state index in [4.69, 9.17) is 14.2 Å². The van der Waals surface area contributed by atoms with Crippen LogP contribution in [0.3, 0.4) is 0 Å². The summed E-state index contributed by atoms with van der Waals surface area (Å²) >= 11 is 0. The van der Waals surface area contributed by atoms with Crippen LogP contribution in [0.15, 0.2) is 23.0 Å². The summed E-state index contributed by atoms with van der Waals surface area (Å²) < 4.78 is 15.9. The monoisotopic (exact) mass is 464 g/mol. The Labute approximate surface area is 200 Å². The fraction of sp³-hybridized carbons (Fsp3) is 0.741. The molecule has 6 heteroatoms. The molecule has 0 spiro atoms. The van der Waals surface area contributed by atoms with E-state index in [1.165, 1.54) is 12.7 Å². The molecule has 0 amide bonds. The van der Waals surface area contributed by atoms with Crippen molar-refractivity contribution in [2.24, 2.45) is 11.3 Å². The van der Waals surface area contributed by atoms with E-state index in [-0.39, 0.29) is 24.8 Å². The lowest BCUT2D eigenvalue weighted by Gasteiger charge is -2.24. The van der Waals surface area contributed by atoms with Gasteiger partial charge in [0, 0.05) is 6.42 Å². The molecule has 0 N–H and O–H groups in total. The maximum atomic E-state index is 12.4. The van der Waals surface area contributed by atoms with Crippen LogP contribution in [0.5, 0.6) is 0 Å². The Morgan fingerprint density at radius 3 is 2.42 bits per heavy atom. The molecular formula is C27H44O6. The van der Waals surface area contributed by atoms with E-state index in [1.807, 2.05) is 6.92 Å². The predicted molar refractivity (Wildman–Crippen MR) is 129 cm³/mol. The SMILES string of the molecule is CCCCCC1=C(OC(=O)CCC(=O)OCCC(C)CCC=C(C)C)CCC1(C)C(=O)OC. The van der Waals surface area contributed by atoms with E-state index in [0.717, 1.165) is 44.1 Å². The number of carbonyl (C=O) groups excluding carboxylic acids is 3. The predicted octanol–water partition coefficient (Wildman–Crippen LogP) is 6.43. The Morgan fingerprint density at radius 2 is 1.79 bits per heavy atom. The van der Waals surface area contributed by atoms with Crippen LogP contribution in [0.25, 0.3) is 0 Å². The van der Waals surface area contributed by atoms with Crippen LogP contribution in [0.4, 0.5) is 0 Å². The van der Waals surface area contributed by atoms with Crippen molar-refractivity contribution in [2.75, 3.05) is 13.7 Å². The van der Waals surface area contributed by atoms with Crippen molar-refractivity contribution >= 4 is 17.9 Å². The van der Waals surface area contributed by atoms with Gasteiger partial charge in [-0.05, 0) is 70.8 Å². The van der Waals surface area contributed by atoms with Crippen LogP contribution in [0.1, 0.15) is 105 Å². The molecule has 0 aromatic heterocycles. The van der Waals surface area contributed by atoms with Gasteiger partial charge in [0.05, 0.1) is 32.0 Å². The van der Waals surface area contributed by atoms with Crippen molar-refractivity contribution in [1.29, 1.82) is 0 Å². The highest BCUT2D eigenvalue weighted by atomic mass is 16.5. The Bertz CT molecular complexity index is 716. The molecule has 6 nitrogen and oxygen atoms in total. The summed E-state index contributed by atoms with van der Waals surface area (Å²) in [5.74, 6) is -0.0882. The zero-order chi connectivity index (χ0) is 24.9. The highest BCUT2D eigenvalue weighted by Crippen LogP contribution is 2.46. The van der Waals surface area contributed by atoms with E-state index in [0.29, 0.717) is 37.5 Å². The number of esters is 3. The van der Waals surface area contributed by atoms with Gasteiger partial charge in [-0.3, -0.25) is 14.4 Å². The molecule has 0 bridgehead atoms. The molecule has 188 valence electrons. The van der Waals surface area contributed by atoms with E-state index in [1.54, 1.807) is 0 Å². The number of hydrogen-bond acceptors (Lipinski definition) is 6. The van der Waals surface area contributed by atoms with Gasteiger partial charge in [-0.25, -0.2) is 0 Å².